The van der Waals surface area contributed by atoms with Crippen LogP contribution >= 0.6 is 0 Å². The smallest absolute Gasteiger partial charge is 0.252 e. The van der Waals surface area contributed by atoms with Crippen LogP contribution in [-0.4, -0.2) is 16.0 Å². The molecule has 0 saturated heterocycles. The first-order valence-corrected chi connectivity index (χ1v) is 15.2. The van der Waals surface area contributed by atoms with Crippen molar-refractivity contribution in [2.24, 2.45) is 0 Å². The van der Waals surface area contributed by atoms with Gasteiger partial charge in [0, 0.05) is 46.9 Å². The number of fused-ring (bicyclic) bond motifs is 2. The molecular weight excluding hydrogens is 568 g/mol. The van der Waals surface area contributed by atoms with Crippen LogP contribution in [0.4, 0.5) is 11.4 Å². The molecular formula is C37H42N2O6. The molecule has 0 aliphatic carbocycles. The van der Waals surface area contributed by atoms with E-state index in [2.05, 4.69) is 41.5 Å². The Morgan fingerprint density at radius 3 is 1.36 bits per heavy atom. The summed E-state index contributed by atoms with van der Waals surface area (Å²) >= 11 is 0. The minimum atomic E-state index is -0.888. The summed E-state index contributed by atoms with van der Waals surface area (Å²) in [7, 11) is 0. The highest BCUT2D eigenvalue weighted by atomic mass is 16.7. The van der Waals surface area contributed by atoms with E-state index < -0.39 is 5.79 Å². The molecule has 0 unspecified atom stereocenters. The monoisotopic (exact) mass is 610 g/mol. The number of benzene rings is 4. The first kappa shape index (κ1) is 30.3. The normalized spacial score (nSPS) is 17.1. The Morgan fingerprint density at radius 1 is 0.622 bits per heavy atom. The van der Waals surface area contributed by atoms with E-state index in [4.69, 9.17) is 30.4 Å². The van der Waals surface area contributed by atoms with Crippen LogP contribution in [0.1, 0.15) is 73.9 Å². The molecule has 0 fully saturated rings. The molecule has 0 saturated carbocycles. The van der Waals surface area contributed by atoms with Crippen molar-refractivity contribution in [2.75, 3.05) is 11.5 Å². The largest absolute Gasteiger partial charge is 0.506 e. The van der Waals surface area contributed by atoms with E-state index in [1.807, 2.05) is 26.0 Å². The molecule has 6 N–H and O–H groups in total. The number of rotatable bonds is 4. The van der Waals surface area contributed by atoms with Gasteiger partial charge in [-0.15, -0.1) is 0 Å². The van der Waals surface area contributed by atoms with Crippen LogP contribution in [0, 0.1) is 27.7 Å². The van der Waals surface area contributed by atoms with Gasteiger partial charge >= 0.3 is 0 Å². The quantitative estimate of drug-likeness (QED) is 0.134. The predicted molar refractivity (Wildman–Crippen MR) is 176 cm³/mol. The molecule has 0 aromatic heterocycles. The zero-order valence-electron chi connectivity index (χ0n) is 27.2. The van der Waals surface area contributed by atoms with E-state index in [0.717, 1.165) is 56.4 Å². The lowest BCUT2D eigenvalue weighted by molar-refractivity contribution is -0.166. The van der Waals surface area contributed by atoms with Gasteiger partial charge in [0.25, 0.3) is 5.79 Å². The van der Waals surface area contributed by atoms with Gasteiger partial charge in [0.2, 0.25) is 0 Å². The van der Waals surface area contributed by atoms with Crippen molar-refractivity contribution in [2.45, 2.75) is 84.8 Å². The van der Waals surface area contributed by atoms with Crippen LogP contribution in [0.5, 0.6) is 46.0 Å². The third-order valence-electron chi connectivity index (χ3n) is 9.15. The van der Waals surface area contributed by atoms with Gasteiger partial charge in [-0.2, -0.15) is 0 Å². The zero-order valence-corrected chi connectivity index (χ0v) is 27.2. The Bertz CT molecular complexity index is 1720. The van der Waals surface area contributed by atoms with E-state index in [0.29, 0.717) is 35.7 Å². The second kappa shape index (κ2) is 10.2. The fourth-order valence-corrected chi connectivity index (χ4v) is 7.58. The zero-order chi connectivity index (χ0) is 32.6. The minimum Gasteiger partial charge on any atom is -0.506 e. The van der Waals surface area contributed by atoms with Crippen LogP contribution in [0.25, 0.3) is 0 Å². The summed E-state index contributed by atoms with van der Waals surface area (Å²) in [6.45, 7) is 17.0. The summed E-state index contributed by atoms with van der Waals surface area (Å²) < 4.78 is 26.4. The highest BCUT2D eigenvalue weighted by Gasteiger charge is 2.54. The van der Waals surface area contributed by atoms with Gasteiger partial charge in [-0.25, -0.2) is 0 Å². The Labute approximate surface area is 264 Å². The Kier molecular flexibility index (Phi) is 6.84. The van der Waals surface area contributed by atoms with Gasteiger partial charge in [-0.05, 0) is 86.3 Å². The number of anilines is 2. The van der Waals surface area contributed by atoms with Crippen molar-refractivity contribution >= 4 is 11.4 Å². The number of hydrogen-bond donors (Lipinski definition) is 4. The summed E-state index contributed by atoms with van der Waals surface area (Å²) in [5.74, 6) is 3.12. The number of hydrogen-bond acceptors (Lipinski definition) is 8. The van der Waals surface area contributed by atoms with Crippen molar-refractivity contribution in [1.29, 1.82) is 0 Å². The second-order valence-corrected chi connectivity index (χ2v) is 13.9. The maximum Gasteiger partial charge on any atom is 0.252 e. The van der Waals surface area contributed by atoms with Gasteiger partial charge in [0.05, 0.1) is 11.4 Å². The molecule has 0 bridgehead atoms. The molecule has 0 radical (unpaired) electrons. The lowest BCUT2D eigenvalue weighted by Gasteiger charge is -2.52. The molecule has 8 nitrogen and oxygen atoms in total. The third-order valence-corrected chi connectivity index (χ3v) is 9.15. The van der Waals surface area contributed by atoms with E-state index in [9.17, 15) is 10.2 Å². The van der Waals surface area contributed by atoms with Gasteiger partial charge in [-0.1, -0.05) is 27.7 Å². The first-order chi connectivity index (χ1) is 21.0. The third kappa shape index (κ3) is 5.12. The molecule has 4 aromatic rings. The Hall–Kier alpha value is -4.72. The van der Waals surface area contributed by atoms with Crippen LogP contribution in [0.15, 0.2) is 48.5 Å². The minimum absolute atomic E-state index is 0.0163. The summed E-state index contributed by atoms with van der Waals surface area (Å²) in [6, 6.07) is 13.9. The number of aryl methyl sites for hydroxylation is 2. The van der Waals surface area contributed by atoms with E-state index >= 15 is 0 Å². The van der Waals surface area contributed by atoms with Crippen molar-refractivity contribution in [3.63, 3.8) is 0 Å². The maximum atomic E-state index is 10.1. The second-order valence-electron chi connectivity index (χ2n) is 13.9. The summed E-state index contributed by atoms with van der Waals surface area (Å²) in [4.78, 5) is 0. The number of nitrogen functional groups attached to an aromatic ring is 2. The molecule has 45 heavy (non-hydrogen) atoms. The SMILES string of the molecule is Cc1cc2c(c(C)c1Oc1ccc(N)c(O)c1)C(C)(C)CC1(CC(C)(C)c3c(cc(C)c(Oc4ccc(N)c(O)c4)c3C)O1)O2. The van der Waals surface area contributed by atoms with Crippen LogP contribution in [-0.2, 0) is 10.8 Å². The number of phenols is 2. The van der Waals surface area contributed by atoms with Crippen molar-refractivity contribution in [3.05, 3.63) is 81.9 Å². The van der Waals surface area contributed by atoms with Crippen molar-refractivity contribution in [3.8, 4) is 46.0 Å². The summed E-state index contributed by atoms with van der Waals surface area (Å²) in [5.41, 5.74) is 17.5. The predicted octanol–water partition coefficient (Wildman–Crippen LogP) is 8.60. The number of aromatic hydroxyl groups is 2. The van der Waals surface area contributed by atoms with Gasteiger partial charge < -0.3 is 40.6 Å². The Morgan fingerprint density at radius 2 is 1.00 bits per heavy atom. The first-order valence-electron chi connectivity index (χ1n) is 15.2. The van der Waals surface area contributed by atoms with Crippen LogP contribution in [0.2, 0.25) is 0 Å². The Balaban J connectivity index is 1.37. The molecule has 4 aromatic carbocycles. The van der Waals surface area contributed by atoms with Crippen molar-refractivity contribution < 1.29 is 29.2 Å². The summed E-state index contributed by atoms with van der Waals surface area (Å²) in [5, 5.41) is 20.2. The molecule has 0 amide bonds. The molecule has 236 valence electrons. The molecule has 6 rings (SSSR count). The highest BCUT2D eigenvalue weighted by Crippen LogP contribution is 2.57. The standard InChI is InChI=1S/C37H42N2O6/c1-19-13-29-31(21(3)33(19)42-23-9-11-25(38)27(40)15-23)35(5,6)17-37(44-29)18-36(7,8)32-22(4)34(20(2)14-30(32)45-37)43-24-10-12-26(39)28(41)16-24/h9-16,40-41H,17-18,38-39H2,1-8H3. The number of nitrogens with two attached hydrogens (primary N) is 2. The number of ether oxygens (including phenoxy) is 4. The molecule has 8 heteroatoms. The van der Waals surface area contributed by atoms with E-state index in [1.54, 1.807) is 24.3 Å². The van der Waals surface area contributed by atoms with Gasteiger partial charge in [0.1, 0.15) is 46.0 Å². The fraction of sp³-hybridized carbons (Fsp3) is 0.351. The van der Waals surface area contributed by atoms with E-state index in [-0.39, 0.29) is 22.3 Å². The van der Waals surface area contributed by atoms with E-state index in [1.165, 1.54) is 12.1 Å². The maximum absolute atomic E-state index is 10.1. The van der Waals surface area contributed by atoms with Gasteiger partial charge in [0.15, 0.2) is 0 Å². The lowest BCUT2D eigenvalue weighted by atomic mass is 9.67. The average Bonchev–Trinajstić information content (AvgIpc) is 2.90. The molecule has 2 aliphatic rings. The van der Waals surface area contributed by atoms with Crippen molar-refractivity contribution in [1.82, 2.24) is 0 Å². The topological polar surface area (TPSA) is 129 Å². The average molecular weight is 611 g/mol. The summed E-state index contributed by atoms with van der Waals surface area (Å²) in [6.07, 6.45) is 1.26. The molecule has 1 spiro atoms. The number of phenolic OH excluding ortho intramolecular Hbond substituents is 2. The highest BCUT2D eigenvalue weighted by molar-refractivity contribution is 5.62. The van der Waals surface area contributed by atoms with Gasteiger partial charge in [-0.3, -0.25) is 0 Å². The lowest BCUT2D eigenvalue weighted by Crippen LogP contribution is -2.56. The molecule has 2 heterocycles. The molecule has 0 atom stereocenters. The van der Waals surface area contributed by atoms with Crippen LogP contribution < -0.4 is 30.4 Å². The fourth-order valence-electron chi connectivity index (χ4n) is 7.58. The molecule has 2 aliphatic heterocycles. The van der Waals surface area contributed by atoms with Crippen LogP contribution in [0.3, 0.4) is 0 Å².